The number of nitrogens with one attached hydrogen (secondary N) is 1. The number of rotatable bonds is 4. The summed E-state index contributed by atoms with van der Waals surface area (Å²) in [6.07, 6.45) is 3.27. The lowest BCUT2D eigenvalue weighted by Gasteiger charge is -2.17. The lowest BCUT2D eigenvalue weighted by molar-refractivity contribution is 0.578. The van der Waals surface area contributed by atoms with Crippen LogP contribution in [0.4, 0.5) is 4.39 Å². The molecule has 0 amide bonds. The normalized spacial score (nSPS) is 12.7. The van der Waals surface area contributed by atoms with E-state index in [0.29, 0.717) is 5.02 Å². The van der Waals surface area contributed by atoms with E-state index in [1.807, 2.05) is 13.8 Å². The highest BCUT2D eigenvalue weighted by Crippen LogP contribution is 2.23. The van der Waals surface area contributed by atoms with Gasteiger partial charge in [-0.05, 0) is 37.2 Å². The molecule has 2 aromatic rings. The van der Waals surface area contributed by atoms with Crippen LogP contribution in [0.1, 0.15) is 25.5 Å². The summed E-state index contributed by atoms with van der Waals surface area (Å²) in [4.78, 5) is 0. The first-order valence-corrected chi connectivity index (χ1v) is 6.23. The second kappa shape index (κ2) is 5.50. The van der Waals surface area contributed by atoms with Crippen LogP contribution in [0, 0.1) is 5.82 Å². The fourth-order valence-electron chi connectivity index (χ4n) is 1.93. The largest absolute Gasteiger partial charge is 0.310 e. The smallest absolute Gasteiger partial charge is 0.123 e. The van der Waals surface area contributed by atoms with Gasteiger partial charge in [0.15, 0.2) is 0 Å². The molecule has 96 valence electrons. The molecule has 1 N–H and O–H groups in total. The summed E-state index contributed by atoms with van der Waals surface area (Å²) in [7, 11) is 0. The molecule has 0 aliphatic rings. The molecule has 0 fully saturated rings. The highest BCUT2D eigenvalue weighted by atomic mass is 35.5. The van der Waals surface area contributed by atoms with Gasteiger partial charge in [0.1, 0.15) is 5.82 Å². The van der Waals surface area contributed by atoms with Crippen LogP contribution < -0.4 is 5.32 Å². The van der Waals surface area contributed by atoms with Crippen LogP contribution in [0.25, 0.3) is 5.69 Å². The van der Waals surface area contributed by atoms with Crippen molar-refractivity contribution in [3.05, 3.63) is 47.0 Å². The zero-order chi connectivity index (χ0) is 13.1. The van der Waals surface area contributed by atoms with Gasteiger partial charge in [0.25, 0.3) is 0 Å². The molecule has 0 radical (unpaired) electrons. The van der Waals surface area contributed by atoms with E-state index in [2.05, 4.69) is 10.4 Å². The van der Waals surface area contributed by atoms with E-state index >= 15 is 0 Å². The molecule has 0 aliphatic heterocycles. The average Bonchev–Trinajstić information content (AvgIpc) is 2.76. The summed E-state index contributed by atoms with van der Waals surface area (Å²) in [5.41, 5.74) is 1.69. The number of hydrogen-bond acceptors (Lipinski definition) is 2. The molecule has 0 aliphatic carbocycles. The minimum atomic E-state index is -0.253. The Kier molecular flexibility index (Phi) is 3.99. The fraction of sp³-hybridized carbons (Fsp3) is 0.308. The minimum Gasteiger partial charge on any atom is -0.310 e. The zero-order valence-electron chi connectivity index (χ0n) is 10.3. The number of aromatic nitrogens is 2. The van der Waals surface area contributed by atoms with Crippen molar-refractivity contribution >= 4 is 11.6 Å². The van der Waals surface area contributed by atoms with E-state index in [4.69, 9.17) is 11.6 Å². The molecule has 0 spiro atoms. The maximum atomic E-state index is 13.4. The third kappa shape index (κ3) is 2.71. The van der Waals surface area contributed by atoms with Crippen molar-refractivity contribution in [3.63, 3.8) is 0 Å². The molecule has 1 heterocycles. The Morgan fingerprint density at radius 3 is 2.89 bits per heavy atom. The average molecular weight is 268 g/mol. The Morgan fingerprint density at radius 2 is 2.28 bits per heavy atom. The summed E-state index contributed by atoms with van der Waals surface area (Å²) >= 11 is 5.86. The van der Waals surface area contributed by atoms with Crippen LogP contribution in [0.15, 0.2) is 30.6 Å². The lowest BCUT2D eigenvalue weighted by Crippen LogP contribution is -2.19. The Hall–Kier alpha value is -1.39. The zero-order valence-corrected chi connectivity index (χ0v) is 11.1. The molecule has 0 saturated carbocycles. The van der Waals surface area contributed by atoms with Gasteiger partial charge in [-0.1, -0.05) is 18.5 Å². The van der Waals surface area contributed by atoms with Crippen molar-refractivity contribution in [1.82, 2.24) is 15.1 Å². The first kappa shape index (κ1) is 13.1. The first-order valence-electron chi connectivity index (χ1n) is 5.85. The molecule has 1 aromatic carbocycles. The molecular weight excluding hydrogens is 253 g/mol. The SMILES string of the molecule is CCNC(C)c1cc(F)ccc1-n1cc(Cl)cn1. The van der Waals surface area contributed by atoms with E-state index in [1.54, 1.807) is 23.1 Å². The van der Waals surface area contributed by atoms with Gasteiger partial charge in [0.05, 0.1) is 16.9 Å². The van der Waals surface area contributed by atoms with Crippen molar-refractivity contribution in [2.45, 2.75) is 19.9 Å². The molecular formula is C13H15ClFN3. The van der Waals surface area contributed by atoms with Crippen LogP contribution in [-0.2, 0) is 0 Å². The molecule has 18 heavy (non-hydrogen) atoms. The molecule has 3 nitrogen and oxygen atoms in total. The summed E-state index contributed by atoms with van der Waals surface area (Å²) < 4.78 is 15.0. The Morgan fingerprint density at radius 1 is 1.50 bits per heavy atom. The summed E-state index contributed by atoms with van der Waals surface area (Å²) in [5, 5.41) is 7.98. The third-order valence-corrected chi connectivity index (χ3v) is 2.96. The van der Waals surface area contributed by atoms with Crippen molar-refractivity contribution in [2.24, 2.45) is 0 Å². The molecule has 1 unspecified atom stereocenters. The molecule has 1 atom stereocenters. The van der Waals surface area contributed by atoms with Gasteiger partial charge >= 0.3 is 0 Å². The van der Waals surface area contributed by atoms with Crippen LogP contribution in [0.5, 0.6) is 0 Å². The predicted octanol–water partition coefficient (Wildman–Crippen LogP) is 3.34. The summed E-state index contributed by atoms with van der Waals surface area (Å²) in [5.74, 6) is -0.253. The Bertz CT molecular complexity index is 539. The molecule has 0 bridgehead atoms. The summed E-state index contributed by atoms with van der Waals surface area (Å²) in [6.45, 7) is 4.82. The molecule has 0 saturated heterocycles. The van der Waals surface area contributed by atoms with Crippen LogP contribution in [0.2, 0.25) is 5.02 Å². The van der Waals surface area contributed by atoms with E-state index in [9.17, 15) is 4.39 Å². The Balaban J connectivity index is 2.46. The first-order chi connectivity index (χ1) is 8.61. The number of benzene rings is 1. The third-order valence-electron chi connectivity index (χ3n) is 2.76. The van der Waals surface area contributed by atoms with Crippen molar-refractivity contribution in [1.29, 1.82) is 0 Å². The predicted molar refractivity (Wildman–Crippen MR) is 70.6 cm³/mol. The van der Waals surface area contributed by atoms with Crippen molar-refractivity contribution in [2.75, 3.05) is 6.54 Å². The monoisotopic (exact) mass is 267 g/mol. The topological polar surface area (TPSA) is 29.9 Å². The second-order valence-corrected chi connectivity index (χ2v) is 4.52. The second-order valence-electron chi connectivity index (χ2n) is 4.09. The van der Waals surface area contributed by atoms with E-state index in [-0.39, 0.29) is 11.9 Å². The highest BCUT2D eigenvalue weighted by Gasteiger charge is 2.13. The van der Waals surface area contributed by atoms with Crippen molar-refractivity contribution in [3.8, 4) is 5.69 Å². The minimum absolute atomic E-state index is 0.0451. The maximum Gasteiger partial charge on any atom is 0.123 e. The standard InChI is InChI=1S/C13H15ClFN3/c1-3-16-9(2)12-6-11(15)4-5-13(12)18-8-10(14)7-17-18/h4-9,16H,3H2,1-2H3. The van der Waals surface area contributed by atoms with Crippen LogP contribution >= 0.6 is 11.6 Å². The molecule has 2 rings (SSSR count). The van der Waals surface area contributed by atoms with Gasteiger partial charge in [0.2, 0.25) is 0 Å². The van der Waals surface area contributed by atoms with Crippen LogP contribution in [-0.4, -0.2) is 16.3 Å². The highest BCUT2D eigenvalue weighted by molar-refractivity contribution is 6.30. The number of halogens is 2. The maximum absolute atomic E-state index is 13.4. The van der Waals surface area contributed by atoms with Gasteiger partial charge in [-0.3, -0.25) is 0 Å². The van der Waals surface area contributed by atoms with Gasteiger partial charge in [0, 0.05) is 12.2 Å². The quantitative estimate of drug-likeness (QED) is 0.921. The van der Waals surface area contributed by atoms with Gasteiger partial charge in [-0.2, -0.15) is 5.10 Å². The molecule has 1 aromatic heterocycles. The summed E-state index contributed by atoms with van der Waals surface area (Å²) in [6, 6.07) is 4.70. The number of nitrogens with zero attached hydrogens (tertiary/aromatic N) is 2. The van der Waals surface area contributed by atoms with E-state index in [0.717, 1.165) is 17.8 Å². The van der Waals surface area contributed by atoms with Gasteiger partial charge < -0.3 is 5.32 Å². The Labute approximate surface area is 111 Å². The lowest BCUT2D eigenvalue weighted by atomic mass is 10.1. The van der Waals surface area contributed by atoms with Gasteiger partial charge in [-0.15, -0.1) is 0 Å². The molecule has 5 heteroatoms. The van der Waals surface area contributed by atoms with E-state index < -0.39 is 0 Å². The van der Waals surface area contributed by atoms with Crippen molar-refractivity contribution < 1.29 is 4.39 Å². The fourth-order valence-corrected chi connectivity index (χ4v) is 2.07. The number of hydrogen-bond donors (Lipinski definition) is 1. The van der Waals surface area contributed by atoms with E-state index in [1.165, 1.54) is 12.1 Å². The van der Waals surface area contributed by atoms with Crippen LogP contribution in [0.3, 0.4) is 0 Å². The van der Waals surface area contributed by atoms with Gasteiger partial charge in [-0.25, -0.2) is 9.07 Å².